The molecule has 4 rings (SSSR count). The van der Waals surface area contributed by atoms with Gasteiger partial charge in [-0.1, -0.05) is 29.3 Å². The molecule has 0 saturated carbocycles. The molecule has 1 atom stereocenters. The van der Waals surface area contributed by atoms with Gasteiger partial charge in [0.2, 0.25) is 0 Å². The lowest BCUT2D eigenvalue weighted by Gasteiger charge is -2.36. The second-order valence-electron chi connectivity index (χ2n) is 8.16. The second-order valence-corrected chi connectivity index (χ2v) is 9.01. The maximum atomic E-state index is 12.7. The lowest BCUT2D eigenvalue weighted by molar-refractivity contribution is -0.141. The van der Waals surface area contributed by atoms with Crippen LogP contribution in [-0.2, 0) is 9.53 Å². The van der Waals surface area contributed by atoms with Gasteiger partial charge in [0.25, 0.3) is 5.91 Å². The molecule has 0 spiro atoms. The first-order chi connectivity index (χ1) is 15.5. The van der Waals surface area contributed by atoms with Gasteiger partial charge in [-0.25, -0.2) is 4.98 Å². The Morgan fingerprint density at radius 3 is 2.72 bits per heavy atom. The van der Waals surface area contributed by atoms with Crippen molar-refractivity contribution in [3.63, 3.8) is 0 Å². The van der Waals surface area contributed by atoms with Crippen molar-refractivity contribution in [1.29, 1.82) is 0 Å². The normalized spacial score (nSPS) is 19.6. The molecule has 1 aromatic carbocycles. The van der Waals surface area contributed by atoms with Crippen molar-refractivity contribution >= 4 is 46.7 Å². The number of hydrogen-bond donors (Lipinski definition) is 1. The minimum absolute atomic E-state index is 0.120. The van der Waals surface area contributed by atoms with Crippen molar-refractivity contribution in [3.8, 4) is 0 Å². The zero-order valence-corrected chi connectivity index (χ0v) is 19.8. The molecule has 0 radical (unpaired) electrons. The van der Waals surface area contributed by atoms with Crippen molar-refractivity contribution in [2.45, 2.75) is 32.3 Å². The summed E-state index contributed by atoms with van der Waals surface area (Å²) in [6, 6.07) is 5.50. The van der Waals surface area contributed by atoms with E-state index < -0.39 is 0 Å². The van der Waals surface area contributed by atoms with Gasteiger partial charge >= 0.3 is 0 Å². The Morgan fingerprint density at radius 2 is 2.06 bits per heavy atom. The molecule has 3 heterocycles. The fraction of sp³-hybridized carbons (Fsp3) is 0.478. The van der Waals surface area contributed by atoms with E-state index in [2.05, 4.69) is 20.7 Å². The van der Waals surface area contributed by atoms with Gasteiger partial charge in [0.15, 0.2) is 0 Å². The highest BCUT2D eigenvalue weighted by Gasteiger charge is 2.31. The number of imidazole rings is 1. The summed E-state index contributed by atoms with van der Waals surface area (Å²) >= 11 is 12.6. The van der Waals surface area contributed by atoms with Crippen LogP contribution in [0.4, 0.5) is 5.82 Å². The third-order valence-electron chi connectivity index (χ3n) is 6.06. The molecular weight excluding hydrogens is 449 g/mol. The molecule has 0 bridgehead atoms. The molecule has 7 nitrogen and oxygen atoms in total. The standard InChI is InChI=1S/C23H29Cl2N5O2/c1-16-27-14-22(28-8-10-29(11-9-28)23(31)21-3-2-12-32-21)30(16)15-17(6-7-26)19-5-4-18(24)13-20(19)25/h4-5,13-15,21H,2-3,6-12,26H2,1H3/b17-15+. The van der Waals surface area contributed by atoms with Crippen LogP contribution in [0.25, 0.3) is 11.8 Å². The summed E-state index contributed by atoms with van der Waals surface area (Å²) in [7, 11) is 0. The number of carbonyl (C=O) groups excluding carboxylic acids is 1. The summed E-state index contributed by atoms with van der Waals surface area (Å²) in [6.45, 7) is 5.98. The van der Waals surface area contributed by atoms with Crippen LogP contribution in [0.2, 0.25) is 10.0 Å². The summed E-state index contributed by atoms with van der Waals surface area (Å²) in [4.78, 5) is 21.4. The average molecular weight is 478 g/mol. The third-order valence-corrected chi connectivity index (χ3v) is 6.61. The first kappa shape index (κ1) is 23.1. The fourth-order valence-corrected chi connectivity index (χ4v) is 4.83. The number of benzene rings is 1. The average Bonchev–Trinajstić information content (AvgIpc) is 3.44. The van der Waals surface area contributed by atoms with E-state index in [-0.39, 0.29) is 12.0 Å². The molecular formula is C23H29Cl2N5O2. The number of amides is 1. The number of nitrogens with two attached hydrogens (primary N) is 1. The summed E-state index contributed by atoms with van der Waals surface area (Å²) < 4.78 is 7.65. The molecule has 0 aliphatic carbocycles. The zero-order valence-electron chi connectivity index (χ0n) is 18.3. The summed E-state index contributed by atoms with van der Waals surface area (Å²) in [5, 5.41) is 1.19. The number of ether oxygens (including phenoxy) is 1. The number of carbonyl (C=O) groups is 1. The smallest absolute Gasteiger partial charge is 0.251 e. The number of halogens is 2. The van der Waals surface area contributed by atoms with Gasteiger partial charge in [0.1, 0.15) is 17.7 Å². The Bertz CT molecular complexity index is 992. The zero-order chi connectivity index (χ0) is 22.7. The monoisotopic (exact) mass is 477 g/mol. The molecule has 9 heteroatoms. The number of nitrogens with zero attached hydrogens (tertiary/aromatic N) is 4. The minimum Gasteiger partial charge on any atom is -0.368 e. The van der Waals surface area contributed by atoms with E-state index in [0.29, 0.717) is 42.7 Å². The van der Waals surface area contributed by atoms with E-state index in [4.69, 9.17) is 33.7 Å². The number of aromatic nitrogens is 2. The van der Waals surface area contributed by atoms with Gasteiger partial charge < -0.3 is 20.3 Å². The predicted octanol–water partition coefficient (Wildman–Crippen LogP) is 3.67. The van der Waals surface area contributed by atoms with Gasteiger partial charge in [-0.3, -0.25) is 9.36 Å². The quantitative estimate of drug-likeness (QED) is 0.686. The Morgan fingerprint density at radius 1 is 1.28 bits per heavy atom. The lowest BCUT2D eigenvalue weighted by Crippen LogP contribution is -2.51. The number of hydrogen-bond acceptors (Lipinski definition) is 5. The number of rotatable bonds is 6. The van der Waals surface area contributed by atoms with E-state index >= 15 is 0 Å². The van der Waals surface area contributed by atoms with E-state index in [1.807, 2.05) is 30.2 Å². The predicted molar refractivity (Wildman–Crippen MR) is 129 cm³/mol. The molecule has 32 heavy (non-hydrogen) atoms. The van der Waals surface area contributed by atoms with E-state index in [1.165, 1.54) is 0 Å². The van der Waals surface area contributed by atoms with Crippen LogP contribution < -0.4 is 10.6 Å². The molecule has 2 fully saturated rings. The van der Waals surface area contributed by atoms with Gasteiger partial charge in [-0.15, -0.1) is 0 Å². The minimum atomic E-state index is -0.264. The fourth-order valence-electron chi connectivity index (χ4n) is 4.30. The van der Waals surface area contributed by atoms with Crippen LogP contribution in [0.1, 0.15) is 30.7 Å². The largest absolute Gasteiger partial charge is 0.368 e. The molecule has 1 aromatic heterocycles. The highest BCUT2D eigenvalue weighted by atomic mass is 35.5. The van der Waals surface area contributed by atoms with Crippen LogP contribution in [0.5, 0.6) is 0 Å². The highest BCUT2D eigenvalue weighted by molar-refractivity contribution is 6.35. The van der Waals surface area contributed by atoms with E-state index in [9.17, 15) is 4.79 Å². The topological polar surface area (TPSA) is 76.6 Å². The van der Waals surface area contributed by atoms with Crippen LogP contribution in [0, 0.1) is 6.92 Å². The van der Waals surface area contributed by atoms with Crippen LogP contribution >= 0.6 is 23.2 Å². The van der Waals surface area contributed by atoms with Crippen LogP contribution in [0.3, 0.4) is 0 Å². The van der Waals surface area contributed by atoms with E-state index in [0.717, 1.165) is 48.7 Å². The lowest BCUT2D eigenvalue weighted by atomic mass is 10.0. The summed E-state index contributed by atoms with van der Waals surface area (Å²) in [5.74, 6) is 1.98. The molecule has 1 unspecified atom stereocenters. The van der Waals surface area contributed by atoms with Gasteiger partial charge in [0, 0.05) is 49.0 Å². The molecule has 2 aliphatic rings. The van der Waals surface area contributed by atoms with Crippen LogP contribution in [-0.4, -0.2) is 65.8 Å². The van der Waals surface area contributed by atoms with E-state index in [1.54, 1.807) is 6.07 Å². The number of piperazine rings is 1. The van der Waals surface area contributed by atoms with Crippen LogP contribution in [0.15, 0.2) is 24.4 Å². The second kappa shape index (κ2) is 10.3. The Hall–Kier alpha value is -2.06. The third kappa shape index (κ3) is 4.96. The van der Waals surface area contributed by atoms with Crippen molar-refractivity contribution in [1.82, 2.24) is 14.5 Å². The van der Waals surface area contributed by atoms with Crippen molar-refractivity contribution < 1.29 is 9.53 Å². The molecule has 2 aromatic rings. The molecule has 2 saturated heterocycles. The SMILES string of the molecule is Cc1ncc(N2CCN(C(=O)C3CCCO3)CC2)n1/C=C(\CCN)c1ccc(Cl)cc1Cl. The molecule has 172 valence electrons. The maximum absolute atomic E-state index is 12.7. The Labute approximate surface area is 198 Å². The summed E-state index contributed by atoms with van der Waals surface area (Å²) in [5.41, 5.74) is 7.82. The van der Waals surface area contributed by atoms with Gasteiger partial charge in [-0.2, -0.15) is 0 Å². The first-order valence-electron chi connectivity index (χ1n) is 11.0. The van der Waals surface area contributed by atoms with Gasteiger partial charge in [0.05, 0.1) is 6.20 Å². The summed E-state index contributed by atoms with van der Waals surface area (Å²) in [6.07, 6.45) is 6.13. The highest BCUT2D eigenvalue weighted by Crippen LogP contribution is 2.31. The Kier molecular flexibility index (Phi) is 7.40. The maximum Gasteiger partial charge on any atom is 0.251 e. The van der Waals surface area contributed by atoms with Gasteiger partial charge in [-0.05, 0) is 56.0 Å². The molecule has 2 N–H and O–H groups in total. The van der Waals surface area contributed by atoms with Crippen molar-refractivity contribution in [2.24, 2.45) is 5.73 Å². The van der Waals surface area contributed by atoms with Crippen molar-refractivity contribution in [3.05, 3.63) is 45.8 Å². The number of aryl methyl sites for hydroxylation is 1. The first-order valence-corrected chi connectivity index (χ1v) is 11.8. The number of anilines is 1. The molecule has 1 amide bonds. The molecule has 2 aliphatic heterocycles. The Balaban J connectivity index is 1.54. The van der Waals surface area contributed by atoms with Crippen molar-refractivity contribution in [2.75, 3.05) is 44.2 Å².